The van der Waals surface area contributed by atoms with E-state index in [0.717, 1.165) is 23.5 Å². The number of aromatic nitrogens is 1. The van der Waals surface area contributed by atoms with Gasteiger partial charge in [0.1, 0.15) is 5.82 Å². The van der Waals surface area contributed by atoms with Crippen molar-refractivity contribution < 1.29 is 14.3 Å². The molecule has 126 valence electrons. The highest BCUT2D eigenvalue weighted by Gasteiger charge is 2.23. The fourth-order valence-corrected chi connectivity index (χ4v) is 2.80. The average molecular weight is 327 g/mol. The van der Waals surface area contributed by atoms with Crippen LogP contribution in [0.1, 0.15) is 15.9 Å². The Hall–Kier alpha value is -2.76. The van der Waals surface area contributed by atoms with Gasteiger partial charge in [-0.2, -0.15) is 0 Å². The third-order valence-electron chi connectivity index (χ3n) is 4.08. The summed E-state index contributed by atoms with van der Waals surface area (Å²) < 4.78 is 11.2. The van der Waals surface area contributed by atoms with Crippen molar-refractivity contribution in [1.29, 1.82) is 0 Å². The average Bonchev–Trinajstić information content (AvgIpc) is 2.65. The first-order chi connectivity index (χ1) is 11.7. The number of ether oxygens (including phenoxy) is 2. The van der Waals surface area contributed by atoms with Gasteiger partial charge in [-0.15, -0.1) is 0 Å². The smallest absolute Gasteiger partial charge is 0.251 e. The Bertz CT molecular complexity index is 733. The Kier molecular flexibility index (Phi) is 4.84. The first kappa shape index (κ1) is 16.1. The van der Waals surface area contributed by atoms with Gasteiger partial charge in [-0.3, -0.25) is 4.79 Å². The molecule has 0 fully saturated rings. The number of carbonyl (C=O) groups is 1. The molecular formula is C18H21N3O3. The molecule has 1 aromatic heterocycles. The number of hydrogen-bond donors (Lipinski definition) is 2. The molecule has 0 spiro atoms. The number of hydrogen-bond acceptors (Lipinski definition) is 5. The number of anilines is 1. The van der Waals surface area contributed by atoms with Crippen molar-refractivity contribution in [3.05, 3.63) is 47.7 Å². The summed E-state index contributed by atoms with van der Waals surface area (Å²) >= 11 is 0. The number of fused-ring (bicyclic) bond motifs is 1. The second-order valence-electron chi connectivity index (χ2n) is 5.72. The zero-order chi connectivity index (χ0) is 16.9. The SMILES string of the molecule is CNc1cc(C(=O)NC[C@@H]2COc3c(cccc3OC)C2)ccn1. The third-order valence-corrected chi connectivity index (χ3v) is 4.08. The maximum atomic E-state index is 12.3. The van der Waals surface area contributed by atoms with Gasteiger partial charge in [0.15, 0.2) is 11.5 Å². The lowest BCUT2D eigenvalue weighted by Gasteiger charge is -2.26. The molecule has 2 heterocycles. The highest BCUT2D eigenvalue weighted by Crippen LogP contribution is 2.35. The molecule has 0 saturated heterocycles. The number of nitrogens with zero attached hydrogens (tertiary/aromatic N) is 1. The molecule has 6 heteroatoms. The van der Waals surface area contributed by atoms with Crippen LogP contribution >= 0.6 is 0 Å². The molecule has 0 radical (unpaired) electrons. The molecule has 0 saturated carbocycles. The summed E-state index contributed by atoms with van der Waals surface area (Å²) in [7, 11) is 3.41. The Balaban J connectivity index is 1.60. The molecule has 1 aliphatic heterocycles. The van der Waals surface area contributed by atoms with Crippen molar-refractivity contribution in [3.63, 3.8) is 0 Å². The van der Waals surface area contributed by atoms with Crippen LogP contribution < -0.4 is 20.1 Å². The first-order valence-corrected chi connectivity index (χ1v) is 7.92. The lowest BCUT2D eigenvalue weighted by molar-refractivity contribution is 0.0938. The van der Waals surface area contributed by atoms with E-state index in [9.17, 15) is 4.79 Å². The highest BCUT2D eigenvalue weighted by atomic mass is 16.5. The lowest BCUT2D eigenvalue weighted by Crippen LogP contribution is -2.34. The van der Waals surface area contributed by atoms with Crippen LogP contribution in [0.5, 0.6) is 11.5 Å². The van der Waals surface area contributed by atoms with E-state index in [2.05, 4.69) is 15.6 Å². The Morgan fingerprint density at radius 2 is 2.29 bits per heavy atom. The van der Waals surface area contributed by atoms with Crippen molar-refractivity contribution in [1.82, 2.24) is 10.3 Å². The number of para-hydroxylation sites is 1. The van der Waals surface area contributed by atoms with Crippen LogP contribution in [0.4, 0.5) is 5.82 Å². The highest BCUT2D eigenvalue weighted by molar-refractivity contribution is 5.94. The van der Waals surface area contributed by atoms with Crippen LogP contribution in [0.25, 0.3) is 0 Å². The minimum atomic E-state index is -0.106. The van der Waals surface area contributed by atoms with Crippen molar-refractivity contribution in [3.8, 4) is 11.5 Å². The summed E-state index contributed by atoms with van der Waals surface area (Å²) in [6, 6.07) is 9.32. The summed E-state index contributed by atoms with van der Waals surface area (Å²) in [6.07, 6.45) is 2.47. The van der Waals surface area contributed by atoms with Crippen LogP contribution in [0, 0.1) is 5.92 Å². The van der Waals surface area contributed by atoms with Gasteiger partial charge in [-0.1, -0.05) is 12.1 Å². The minimum absolute atomic E-state index is 0.106. The van der Waals surface area contributed by atoms with Crippen molar-refractivity contribution >= 4 is 11.7 Å². The summed E-state index contributed by atoms with van der Waals surface area (Å²) in [6.45, 7) is 1.12. The van der Waals surface area contributed by atoms with Gasteiger partial charge in [-0.05, 0) is 30.2 Å². The topological polar surface area (TPSA) is 72.5 Å². The molecule has 0 aliphatic carbocycles. The second-order valence-corrected chi connectivity index (χ2v) is 5.72. The fourth-order valence-electron chi connectivity index (χ4n) is 2.80. The Morgan fingerprint density at radius 3 is 3.08 bits per heavy atom. The number of amides is 1. The molecule has 1 aromatic carbocycles. The van der Waals surface area contributed by atoms with Gasteiger partial charge in [0.25, 0.3) is 5.91 Å². The van der Waals surface area contributed by atoms with E-state index in [4.69, 9.17) is 9.47 Å². The van der Waals surface area contributed by atoms with Gasteiger partial charge in [0.2, 0.25) is 0 Å². The van der Waals surface area contributed by atoms with Crippen molar-refractivity contribution in [2.45, 2.75) is 6.42 Å². The summed E-state index contributed by atoms with van der Waals surface area (Å²) in [4.78, 5) is 16.4. The predicted octanol–water partition coefficient (Wildman–Crippen LogP) is 2.11. The number of carbonyl (C=O) groups excluding carboxylic acids is 1. The number of pyridine rings is 1. The van der Waals surface area contributed by atoms with E-state index >= 15 is 0 Å². The van der Waals surface area contributed by atoms with Crippen LogP contribution in [0.3, 0.4) is 0 Å². The van der Waals surface area contributed by atoms with E-state index in [-0.39, 0.29) is 11.8 Å². The van der Waals surface area contributed by atoms with Crippen LogP contribution in [-0.4, -0.2) is 38.2 Å². The Labute approximate surface area is 141 Å². The van der Waals surface area contributed by atoms with Gasteiger partial charge >= 0.3 is 0 Å². The molecular weight excluding hydrogens is 306 g/mol. The quantitative estimate of drug-likeness (QED) is 0.880. The number of rotatable bonds is 5. The number of methoxy groups -OCH3 is 1. The van der Waals surface area contributed by atoms with Gasteiger partial charge in [0.05, 0.1) is 13.7 Å². The molecule has 2 N–H and O–H groups in total. The fraction of sp³-hybridized carbons (Fsp3) is 0.333. The van der Waals surface area contributed by atoms with Crippen LogP contribution in [0.15, 0.2) is 36.5 Å². The summed E-state index contributed by atoms with van der Waals surface area (Å²) in [5.74, 6) is 2.37. The van der Waals surface area contributed by atoms with E-state index in [1.165, 1.54) is 0 Å². The molecule has 1 aliphatic rings. The molecule has 1 amide bonds. The number of nitrogens with one attached hydrogen (secondary N) is 2. The van der Waals surface area contributed by atoms with E-state index < -0.39 is 0 Å². The van der Waals surface area contributed by atoms with E-state index in [0.29, 0.717) is 24.5 Å². The normalized spacial score (nSPS) is 15.8. The Morgan fingerprint density at radius 1 is 1.42 bits per heavy atom. The summed E-state index contributed by atoms with van der Waals surface area (Å²) in [5, 5.41) is 5.90. The molecule has 6 nitrogen and oxygen atoms in total. The van der Waals surface area contributed by atoms with Crippen LogP contribution in [-0.2, 0) is 6.42 Å². The lowest BCUT2D eigenvalue weighted by atomic mass is 9.96. The molecule has 0 unspecified atom stereocenters. The standard InChI is InChI=1S/C18H21N3O3/c1-19-16-9-14(6-7-20-16)18(22)21-10-12-8-13-4-3-5-15(23-2)17(13)24-11-12/h3-7,9,12H,8,10-11H2,1-2H3,(H,19,20)(H,21,22)/t12-/m1/s1. The van der Waals surface area contributed by atoms with Crippen molar-refractivity contribution in [2.75, 3.05) is 32.6 Å². The first-order valence-electron chi connectivity index (χ1n) is 7.92. The molecule has 24 heavy (non-hydrogen) atoms. The summed E-state index contributed by atoms with van der Waals surface area (Å²) in [5.41, 5.74) is 1.70. The molecule has 3 rings (SSSR count). The maximum Gasteiger partial charge on any atom is 0.251 e. The molecule has 2 aromatic rings. The predicted molar refractivity (Wildman–Crippen MR) is 91.8 cm³/mol. The number of benzene rings is 1. The van der Waals surface area contributed by atoms with Gasteiger partial charge in [0, 0.05) is 31.3 Å². The second kappa shape index (κ2) is 7.21. The molecule has 0 bridgehead atoms. The van der Waals surface area contributed by atoms with Gasteiger partial charge < -0.3 is 20.1 Å². The van der Waals surface area contributed by atoms with Crippen molar-refractivity contribution in [2.24, 2.45) is 5.92 Å². The van der Waals surface area contributed by atoms with E-state index in [1.807, 2.05) is 18.2 Å². The van der Waals surface area contributed by atoms with E-state index in [1.54, 1.807) is 32.5 Å². The zero-order valence-corrected chi connectivity index (χ0v) is 13.8. The molecule has 1 atom stereocenters. The minimum Gasteiger partial charge on any atom is -0.493 e. The monoisotopic (exact) mass is 327 g/mol. The maximum absolute atomic E-state index is 12.3. The van der Waals surface area contributed by atoms with Crippen LogP contribution in [0.2, 0.25) is 0 Å². The largest absolute Gasteiger partial charge is 0.493 e. The third kappa shape index (κ3) is 3.42. The van der Waals surface area contributed by atoms with Gasteiger partial charge in [-0.25, -0.2) is 4.98 Å². The zero-order valence-electron chi connectivity index (χ0n) is 13.8.